The summed E-state index contributed by atoms with van der Waals surface area (Å²) in [5, 5.41) is 0. The van der Waals surface area contributed by atoms with Gasteiger partial charge < -0.3 is 4.90 Å². The monoisotopic (exact) mass is 863 g/mol. The van der Waals surface area contributed by atoms with Crippen LogP contribution in [0.15, 0.2) is 212 Å². The van der Waals surface area contributed by atoms with Gasteiger partial charge in [0.1, 0.15) is 0 Å². The van der Waals surface area contributed by atoms with Gasteiger partial charge >= 0.3 is 0 Å². The van der Waals surface area contributed by atoms with E-state index in [1.165, 1.54) is 108 Å². The third-order valence-corrected chi connectivity index (χ3v) is 16.0. The number of para-hydroxylation sites is 1. The van der Waals surface area contributed by atoms with Gasteiger partial charge in [0.15, 0.2) is 0 Å². The first-order valence-electron chi connectivity index (χ1n) is 24.2. The van der Waals surface area contributed by atoms with Crippen LogP contribution in [0, 0.1) is 0 Å². The summed E-state index contributed by atoms with van der Waals surface area (Å²) < 4.78 is 0. The van der Waals surface area contributed by atoms with Crippen molar-refractivity contribution in [2.75, 3.05) is 4.90 Å². The second kappa shape index (κ2) is 15.2. The molecule has 0 saturated heterocycles. The first-order chi connectivity index (χ1) is 32.5. The van der Waals surface area contributed by atoms with Crippen molar-refractivity contribution >= 4 is 17.1 Å². The lowest BCUT2D eigenvalue weighted by Crippen LogP contribution is -2.35. The van der Waals surface area contributed by atoms with Crippen LogP contribution in [0.3, 0.4) is 0 Å². The minimum Gasteiger partial charge on any atom is -0.310 e. The van der Waals surface area contributed by atoms with Gasteiger partial charge in [-0.25, -0.2) is 0 Å². The van der Waals surface area contributed by atoms with Gasteiger partial charge in [-0.2, -0.15) is 0 Å². The van der Waals surface area contributed by atoms with Gasteiger partial charge in [0.2, 0.25) is 0 Å². The lowest BCUT2D eigenvalue weighted by Gasteiger charge is -2.43. The molecule has 9 aromatic carbocycles. The highest BCUT2D eigenvalue weighted by molar-refractivity contribution is 5.96. The molecule has 0 fully saturated rings. The van der Waals surface area contributed by atoms with E-state index in [1.54, 1.807) is 0 Å². The van der Waals surface area contributed by atoms with Crippen molar-refractivity contribution in [1.29, 1.82) is 0 Å². The number of hydrogen-bond donors (Lipinski definition) is 0. The largest absolute Gasteiger partial charge is 0.310 e. The molecule has 326 valence electrons. The molecule has 0 heterocycles. The van der Waals surface area contributed by atoms with Crippen molar-refractivity contribution in [1.82, 2.24) is 0 Å². The zero-order chi connectivity index (χ0) is 45.7. The first kappa shape index (κ1) is 41.2. The fourth-order valence-corrected chi connectivity index (χ4v) is 12.4. The third-order valence-electron chi connectivity index (χ3n) is 16.0. The zero-order valence-corrected chi connectivity index (χ0v) is 39.6. The van der Waals surface area contributed by atoms with Crippen LogP contribution < -0.4 is 4.90 Å². The first-order valence-corrected chi connectivity index (χ1v) is 24.2. The number of rotatable bonds is 7. The van der Waals surface area contributed by atoms with Crippen LogP contribution in [-0.2, 0) is 21.7 Å². The van der Waals surface area contributed by atoms with E-state index in [1.807, 2.05) is 0 Å². The maximum Gasteiger partial charge on any atom is 0.0713 e. The molecule has 9 aromatic rings. The number of benzene rings is 9. The predicted octanol–water partition coefficient (Wildman–Crippen LogP) is 17.5. The fourth-order valence-electron chi connectivity index (χ4n) is 12.4. The van der Waals surface area contributed by atoms with Gasteiger partial charge in [-0.3, -0.25) is 0 Å². The van der Waals surface area contributed by atoms with E-state index in [0.29, 0.717) is 0 Å². The summed E-state index contributed by atoms with van der Waals surface area (Å²) in [5.74, 6) is 0. The predicted molar refractivity (Wildman–Crippen MR) is 282 cm³/mol. The molecule has 0 radical (unpaired) electrons. The van der Waals surface area contributed by atoms with Crippen LogP contribution in [0.1, 0.15) is 98.9 Å². The normalized spacial score (nSPS) is 16.3. The van der Waals surface area contributed by atoms with Crippen molar-refractivity contribution in [2.24, 2.45) is 0 Å². The lowest BCUT2D eigenvalue weighted by molar-refractivity contribution is 0.331. The Labute approximate surface area is 397 Å². The molecule has 1 nitrogen and oxygen atoms in total. The highest BCUT2D eigenvalue weighted by Crippen LogP contribution is 2.60. The molecule has 0 N–H and O–H groups in total. The van der Waals surface area contributed by atoms with Gasteiger partial charge in [-0.05, 0) is 156 Å². The van der Waals surface area contributed by atoms with Gasteiger partial charge in [-0.15, -0.1) is 0 Å². The van der Waals surface area contributed by atoms with E-state index in [0.717, 1.165) is 11.4 Å². The SMILES string of the molecule is CC1(C)CCC(C)(C)c2cc3c(cc21)-c1ccc(-c2cccc(-c4cccc(N(c5ccccc5)c5cccc6c5-c5ccccc5C6(C)C)c4)c2)cc1C3(c1ccccc1)c1ccccc1. The van der Waals surface area contributed by atoms with E-state index in [-0.39, 0.29) is 16.2 Å². The Balaban J connectivity index is 1.01. The smallest absolute Gasteiger partial charge is 0.0713 e. The molecule has 3 aliphatic rings. The van der Waals surface area contributed by atoms with Gasteiger partial charge in [0.25, 0.3) is 0 Å². The second-order valence-corrected chi connectivity index (χ2v) is 21.1. The molecule has 12 rings (SSSR count). The molecule has 0 unspecified atom stereocenters. The van der Waals surface area contributed by atoms with E-state index in [4.69, 9.17) is 0 Å². The maximum absolute atomic E-state index is 2.63. The van der Waals surface area contributed by atoms with Crippen LogP contribution in [-0.4, -0.2) is 0 Å². The van der Waals surface area contributed by atoms with E-state index < -0.39 is 5.41 Å². The molecular formula is C66H57N. The standard InChI is InChI=1S/C66H57N/c1-63(2)37-38-64(3,4)60-43-58-54(42-59(60)63)52-36-35-47(41-57(52)66(58,48-24-10-7-11-25-48)49-26-12-8-13-27-49)45-22-18-21-44(39-45)46-23-19-30-51(40-46)67(50-28-14-9-15-29-50)61-34-20-33-56-62(61)53-31-16-17-32-55(53)65(56,5)6/h7-36,39-43H,37-38H2,1-6H3. The molecule has 1 heteroatoms. The van der Waals surface area contributed by atoms with Crippen molar-refractivity contribution in [3.63, 3.8) is 0 Å². The Morgan fingerprint density at radius 2 is 0.836 bits per heavy atom. The molecular weight excluding hydrogens is 807 g/mol. The van der Waals surface area contributed by atoms with Gasteiger partial charge in [0, 0.05) is 22.4 Å². The van der Waals surface area contributed by atoms with Crippen molar-refractivity contribution in [3.8, 4) is 44.5 Å². The minimum absolute atomic E-state index is 0.0816. The maximum atomic E-state index is 2.63. The summed E-state index contributed by atoms with van der Waals surface area (Å²) >= 11 is 0. The summed E-state index contributed by atoms with van der Waals surface area (Å²) in [4.78, 5) is 2.45. The number of hydrogen-bond acceptors (Lipinski definition) is 1. The lowest BCUT2D eigenvalue weighted by atomic mass is 9.61. The summed E-state index contributed by atoms with van der Waals surface area (Å²) in [6.07, 6.45) is 2.36. The van der Waals surface area contributed by atoms with E-state index in [9.17, 15) is 0 Å². The third kappa shape index (κ3) is 6.28. The van der Waals surface area contributed by atoms with Crippen molar-refractivity contribution in [2.45, 2.75) is 76.0 Å². The Hall–Kier alpha value is -7.22. The molecule has 0 amide bonds. The number of fused-ring (bicyclic) bond motifs is 7. The van der Waals surface area contributed by atoms with Crippen LogP contribution >= 0.6 is 0 Å². The molecule has 0 aliphatic heterocycles. The zero-order valence-electron chi connectivity index (χ0n) is 39.6. The van der Waals surface area contributed by atoms with Crippen LogP contribution in [0.5, 0.6) is 0 Å². The fraction of sp³-hybridized carbons (Fsp3) is 0.182. The van der Waals surface area contributed by atoms with Crippen molar-refractivity contribution in [3.05, 3.63) is 257 Å². The highest BCUT2D eigenvalue weighted by atomic mass is 15.1. The molecule has 0 spiro atoms. The molecule has 0 saturated carbocycles. The summed E-state index contributed by atoms with van der Waals surface area (Å²) in [6.45, 7) is 14.5. The van der Waals surface area contributed by atoms with E-state index >= 15 is 0 Å². The Morgan fingerprint density at radius 3 is 1.51 bits per heavy atom. The van der Waals surface area contributed by atoms with Gasteiger partial charge in [0.05, 0.1) is 11.1 Å². The second-order valence-electron chi connectivity index (χ2n) is 21.1. The van der Waals surface area contributed by atoms with Crippen molar-refractivity contribution < 1.29 is 0 Å². The summed E-state index contributed by atoms with van der Waals surface area (Å²) in [7, 11) is 0. The minimum atomic E-state index is -0.490. The summed E-state index contributed by atoms with van der Waals surface area (Å²) in [6, 6.07) is 80.1. The topological polar surface area (TPSA) is 3.24 Å². The number of nitrogens with zero attached hydrogens (tertiary/aromatic N) is 1. The average molecular weight is 864 g/mol. The molecule has 67 heavy (non-hydrogen) atoms. The number of anilines is 3. The van der Waals surface area contributed by atoms with Gasteiger partial charge in [-0.1, -0.05) is 205 Å². The van der Waals surface area contributed by atoms with Crippen LogP contribution in [0.25, 0.3) is 44.5 Å². The Kier molecular flexibility index (Phi) is 9.33. The highest BCUT2D eigenvalue weighted by Gasteiger charge is 2.49. The van der Waals surface area contributed by atoms with E-state index in [2.05, 4.69) is 259 Å². The molecule has 0 aromatic heterocycles. The molecule has 0 atom stereocenters. The van der Waals surface area contributed by atoms with Crippen LogP contribution in [0.4, 0.5) is 17.1 Å². The Morgan fingerprint density at radius 1 is 0.328 bits per heavy atom. The average Bonchev–Trinajstić information content (AvgIpc) is 3.79. The molecule has 0 bridgehead atoms. The quantitative estimate of drug-likeness (QED) is 0.154. The summed E-state index contributed by atoms with van der Waals surface area (Å²) in [5.41, 5.74) is 24.3. The Bertz CT molecular complexity index is 3330. The molecule has 3 aliphatic carbocycles. The van der Waals surface area contributed by atoms with Crippen LogP contribution in [0.2, 0.25) is 0 Å².